The van der Waals surface area contributed by atoms with Gasteiger partial charge in [0, 0.05) is 39.0 Å². The molecule has 0 unspecified atom stereocenters. The summed E-state index contributed by atoms with van der Waals surface area (Å²) in [6.07, 6.45) is 3.30. The average molecular weight is 319 g/mol. The second-order valence-electron chi connectivity index (χ2n) is 4.81. The Labute approximate surface area is 130 Å². The number of nitro groups is 1. The minimum atomic E-state index is -0.419. The average Bonchev–Trinajstić information content (AvgIpc) is 3.10. The van der Waals surface area contributed by atoms with Crippen LogP contribution in [0.5, 0.6) is 0 Å². The minimum Gasteiger partial charge on any atom is -0.289 e. The van der Waals surface area contributed by atoms with Crippen LogP contribution in [0.2, 0.25) is 0 Å². The number of thioether (sulfide) groups is 2. The molecule has 0 atom stereocenters. The van der Waals surface area contributed by atoms with Crippen molar-refractivity contribution in [3.8, 4) is 0 Å². The molecular formula is C15H13NO3S2. The van der Waals surface area contributed by atoms with Crippen molar-refractivity contribution in [1.82, 2.24) is 0 Å². The summed E-state index contributed by atoms with van der Waals surface area (Å²) in [6.45, 7) is 0. The molecule has 1 saturated heterocycles. The Morgan fingerprint density at radius 3 is 2.67 bits per heavy atom. The molecule has 4 nitrogen and oxygen atoms in total. The van der Waals surface area contributed by atoms with Gasteiger partial charge in [0.2, 0.25) is 0 Å². The van der Waals surface area contributed by atoms with Gasteiger partial charge in [-0.05, 0) is 24.5 Å². The highest BCUT2D eigenvalue weighted by Crippen LogP contribution is 2.43. The van der Waals surface area contributed by atoms with E-state index in [9.17, 15) is 14.9 Å². The number of Topliss-reactive ketones (excluding diaryl/α,β-unsaturated/α-hetero) is 1. The first-order chi connectivity index (χ1) is 10.1. The SMILES string of the molecule is O=C1C(=C2SCCS2)CC/C1=C\c1cccc([N+](=O)[O-])c1. The Kier molecular flexibility index (Phi) is 4.17. The maximum Gasteiger partial charge on any atom is 0.270 e. The Morgan fingerprint density at radius 1 is 1.19 bits per heavy atom. The molecule has 1 heterocycles. The monoisotopic (exact) mass is 319 g/mol. The minimum absolute atomic E-state index is 0.0512. The largest absolute Gasteiger partial charge is 0.289 e. The second-order valence-corrected chi connectivity index (χ2v) is 7.28. The number of benzene rings is 1. The van der Waals surface area contributed by atoms with E-state index in [0.29, 0.717) is 5.56 Å². The maximum atomic E-state index is 12.4. The molecule has 0 N–H and O–H groups in total. The number of non-ortho nitro benzene ring substituents is 1. The van der Waals surface area contributed by atoms with Gasteiger partial charge < -0.3 is 0 Å². The fourth-order valence-electron chi connectivity index (χ4n) is 2.43. The van der Waals surface area contributed by atoms with E-state index in [1.165, 1.54) is 16.4 Å². The molecule has 2 fully saturated rings. The van der Waals surface area contributed by atoms with Crippen LogP contribution in [0.3, 0.4) is 0 Å². The summed E-state index contributed by atoms with van der Waals surface area (Å²) >= 11 is 3.53. The van der Waals surface area contributed by atoms with Gasteiger partial charge in [-0.25, -0.2) is 0 Å². The highest BCUT2D eigenvalue weighted by atomic mass is 32.2. The van der Waals surface area contributed by atoms with Gasteiger partial charge in [0.15, 0.2) is 5.78 Å². The lowest BCUT2D eigenvalue weighted by atomic mass is 10.1. The van der Waals surface area contributed by atoms with Gasteiger partial charge in [0.1, 0.15) is 0 Å². The maximum absolute atomic E-state index is 12.4. The highest BCUT2D eigenvalue weighted by Gasteiger charge is 2.28. The fraction of sp³-hybridized carbons (Fsp3) is 0.267. The summed E-state index contributed by atoms with van der Waals surface area (Å²) in [5.74, 6) is 2.25. The van der Waals surface area contributed by atoms with E-state index < -0.39 is 4.92 Å². The van der Waals surface area contributed by atoms with Gasteiger partial charge in [-0.15, -0.1) is 23.5 Å². The van der Waals surface area contributed by atoms with Gasteiger partial charge >= 0.3 is 0 Å². The number of nitrogens with zero attached hydrogens (tertiary/aromatic N) is 1. The quantitative estimate of drug-likeness (QED) is 0.468. The molecule has 1 aromatic rings. The Morgan fingerprint density at radius 2 is 1.95 bits per heavy atom. The number of ketones is 1. The van der Waals surface area contributed by atoms with Crippen LogP contribution in [-0.2, 0) is 4.79 Å². The number of carbonyl (C=O) groups is 1. The molecule has 1 aliphatic carbocycles. The molecule has 6 heteroatoms. The topological polar surface area (TPSA) is 60.2 Å². The first kappa shape index (κ1) is 14.4. The lowest BCUT2D eigenvalue weighted by Crippen LogP contribution is -1.97. The van der Waals surface area contributed by atoms with Crippen LogP contribution in [0.25, 0.3) is 6.08 Å². The third kappa shape index (κ3) is 3.06. The van der Waals surface area contributed by atoms with E-state index in [2.05, 4.69) is 0 Å². The van der Waals surface area contributed by atoms with Gasteiger partial charge in [-0.2, -0.15) is 0 Å². The van der Waals surface area contributed by atoms with E-state index in [4.69, 9.17) is 0 Å². The molecule has 1 saturated carbocycles. The zero-order valence-electron chi connectivity index (χ0n) is 11.2. The number of hydrogen-bond donors (Lipinski definition) is 0. The summed E-state index contributed by atoms with van der Waals surface area (Å²) in [5, 5.41) is 10.8. The van der Waals surface area contributed by atoms with E-state index >= 15 is 0 Å². The third-order valence-electron chi connectivity index (χ3n) is 3.43. The van der Waals surface area contributed by atoms with Crippen LogP contribution in [0.4, 0.5) is 5.69 Å². The summed E-state index contributed by atoms with van der Waals surface area (Å²) in [7, 11) is 0. The van der Waals surface area contributed by atoms with Crippen molar-refractivity contribution >= 4 is 41.1 Å². The smallest absolute Gasteiger partial charge is 0.270 e. The molecule has 0 radical (unpaired) electrons. The molecule has 0 amide bonds. The molecule has 1 aliphatic heterocycles. The van der Waals surface area contributed by atoms with Crippen LogP contribution in [0, 0.1) is 10.1 Å². The number of hydrogen-bond acceptors (Lipinski definition) is 5. The van der Waals surface area contributed by atoms with Crippen molar-refractivity contribution in [3.05, 3.63) is 55.3 Å². The van der Waals surface area contributed by atoms with Crippen LogP contribution < -0.4 is 0 Å². The van der Waals surface area contributed by atoms with Crippen molar-refractivity contribution in [2.24, 2.45) is 0 Å². The molecule has 3 rings (SSSR count). The molecule has 0 aromatic heterocycles. The third-order valence-corrected chi connectivity index (χ3v) is 6.23. The van der Waals surface area contributed by atoms with Crippen LogP contribution in [-0.4, -0.2) is 22.2 Å². The first-order valence-electron chi connectivity index (χ1n) is 6.63. The molecule has 108 valence electrons. The number of carbonyl (C=O) groups excluding carboxylic acids is 1. The van der Waals surface area contributed by atoms with E-state index in [1.807, 2.05) is 0 Å². The van der Waals surface area contributed by atoms with Gasteiger partial charge in [-0.1, -0.05) is 12.1 Å². The van der Waals surface area contributed by atoms with E-state index in [0.717, 1.165) is 35.5 Å². The fourth-order valence-corrected chi connectivity index (χ4v) is 5.04. The summed E-state index contributed by atoms with van der Waals surface area (Å²) in [5.41, 5.74) is 2.45. The number of allylic oxidation sites excluding steroid dienone is 2. The Hall–Kier alpha value is -1.53. The van der Waals surface area contributed by atoms with Crippen LogP contribution in [0.1, 0.15) is 18.4 Å². The zero-order chi connectivity index (χ0) is 14.8. The second kappa shape index (κ2) is 6.07. The molecule has 0 bridgehead atoms. The normalized spacial score (nSPS) is 20.6. The summed E-state index contributed by atoms with van der Waals surface area (Å²) in [6, 6.07) is 6.39. The van der Waals surface area contributed by atoms with Gasteiger partial charge in [0.25, 0.3) is 5.69 Å². The number of rotatable bonds is 2. The number of nitro benzene ring substituents is 1. The molecule has 21 heavy (non-hydrogen) atoms. The lowest BCUT2D eigenvalue weighted by molar-refractivity contribution is -0.384. The van der Waals surface area contributed by atoms with Crippen LogP contribution >= 0.6 is 23.5 Å². The van der Waals surface area contributed by atoms with E-state index in [-0.39, 0.29) is 11.5 Å². The van der Waals surface area contributed by atoms with Crippen molar-refractivity contribution < 1.29 is 9.72 Å². The molecule has 0 spiro atoms. The predicted octanol–water partition coefficient (Wildman–Crippen LogP) is 4.03. The van der Waals surface area contributed by atoms with Crippen molar-refractivity contribution in [1.29, 1.82) is 0 Å². The van der Waals surface area contributed by atoms with Crippen molar-refractivity contribution in [2.45, 2.75) is 12.8 Å². The van der Waals surface area contributed by atoms with Gasteiger partial charge in [-0.3, -0.25) is 14.9 Å². The van der Waals surface area contributed by atoms with E-state index in [1.54, 1.807) is 41.7 Å². The van der Waals surface area contributed by atoms with Crippen molar-refractivity contribution in [3.63, 3.8) is 0 Å². The predicted molar refractivity (Wildman–Crippen MR) is 87.3 cm³/mol. The standard InChI is InChI=1S/C15H13NO3S2/c17-14-11(4-5-13(14)15-20-6-7-21-15)8-10-2-1-3-12(9-10)16(18)19/h1-3,8-9H,4-7H2/b11-8+. The molecular weight excluding hydrogens is 306 g/mol. The Balaban J connectivity index is 1.88. The van der Waals surface area contributed by atoms with Crippen molar-refractivity contribution in [2.75, 3.05) is 11.5 Å². The lowest BCUT2D eigenvalue weighted by Gasteiger charge is -2.00. The van der Waals surface area contributed by atoms with Gasteiger partial charge in [0.05, 0.1) is 4.92 Å². The highest BCUT2D eigenvalue weighted by molar-refractivity contribution is 8.25. The van der Waals surface area contributed by atoms with Crippen LogP contribution in [0.15, 0.2) is 39.6 Å². The summed E-state index contributed by atoms with van der Waals surface area (Å²) < 4.78 is 1.17. The first-order valence-corrected chi connectivity index (χ1v) is 8.61. The zero-order valence-corrected chi connectivity index (χ0v) is 12.8. The summed E-state index contributed by atoms with van der Waals surface area (Å²) in [4.78, 5) is 22.8. The Bertz CT molecular complexity index is 671. The molecule has 1 aromatic carbocycles. The molecule has 2 aliphatic rings.